The standard InChI is InChI=1S/C21H31N9/c1-5-30(17-8-6-7-16(2)13-17)12-11-25-21(22-3)24-10-9-23-19-18-14-28-29(4)20(18)27-15-26-19/h6-8,13-15H,5,9-12H2,1-4H3,(H2,22,24,25)(H,23,26,27). The molecule has 0 fully saturated rings. The Morgan fingerprint density at radius 2 is 2.00 bits per heavy atom. The lowest BCUT2D eigenvalue weighted by molar-refractivity contribution is 0.752. The summed E-state index contributed by atoms with van der Waals surface area (Å²) in [5.41, 5.74) is 3.33. The summed E-state index contributed by atoms with van der Waals surface area (Å²) in [4.78, 5) is 15.2. The Hall–Kier alpha value is -3.36. The van der Waals surface area contributed by atoms with Gasteiger partial charge < -0.3 is 20.9 Å². The molecule has 0 saturated carbocycles. The summed E-state index contributed by atoms with van der Waals surface area (Å²) in [5, 5.41) is 15.2. The van der Waals surface area contributed by atoms with Crippen molar-refractivity contribution in [2.24, 2.45) is 12.0 Å². The van der Waals surface area contributed by atoms with Gasteiger partial charge in [-0.1, -0.05) is 12.1 Å². The molecule has 9 nitrogen and oxygen atoms in total. The van der Waals surface area contributed by atoms with Crippen molar-refractivity contribution in [2.75, 3.05) is 50.0 Å². The molecule has 3 aromatic rings. The number of anilines is 2. The minimum atomic E-state index is 0.700. The number of aromatic nitrogens is 4. The van der Waals surface area contributed by atoms with Crippen molar-refractivity contribution in [1.82, 2.24) is 30.4 Å². The van der Waals surface area contributed by atoms with Crippen LogP contribution in [0.4, 0.5) is 11.5 Å². The molecular weight excluding hydrogens is 378 g/mol. The Kier molecular flexibility index (Phi) is 7.42. The number of hydrogen-bond acceptors (Lipinski definition) is 6. The predicted molar refractivity (Wildman–Crippen MR) is 123 cm³/mol. The van der Waals surface area contributed by atoms with Crippen LogP contribution >= 0.6 is 0 Å². The van der Waals surface area contributed by atoms with Crippen LogP contribution in [0.25, 0.3) is 11.0 Å². The quantitative estimate of drug-likeness (QED) is 0.282. The number of likely N-dealkylation sites (N-methyl/N-ethyl adjacent to an activating group) is 1. The van der Waals surface area contributed by atoms with Gasteiger partial charge in [-0.3, -0.25) is 9.67 Å². The molecule has 0 radical (unpaired) electrons. The van der Waals surface area contributed by atoms with Crippen LogP contribution < -0.4 is 20.9 Å². The zero-order chi connectivity index (χ0) is 21.3. The van der Waals surface area contributed by atoms with Crippen molar-refractivity contribution >= 4 is 28.5 Å². The molecule has 0 saturated heterocycles. The van der Waals surface area contributed by atoms with Gasteiger partial charge in [-0.2, -0.15) is 5.10 Å². The van der Waals surface area contributed by atoms with Gasteiger partial charge in [-0.05, 0) is 31.5 Å². The second-order valence-electron chi connectivity index (χ2n) is 7.00. The molecule has 3 N–H and O–H groups in total. The summed E-state index contributed by atoms with van der Waals surface area (Å²) in [6, 6.07) is 8.59. The Bertz CT molecular complexity index is 980. The van der Waals surface area contributed by atoms with Crippen LogP contribution in [-0.4, -0.2) is 65.5 Å². The number of rotatable bonds is 9. The molecule has 9 heteroatoms. The van der Waals surface area contributed by atoms with Crippen molar-refractivity contribution in [3.8, 4) is 0 Å². The van der Waals surface area contributed by atoms with Crippen LogP contribution in [-0.2, 0) is 7.05 Å². The molecule has 0 aliphatic carbocycles. The van der Waals surface area contributed by atoms with Gasteiger partial charge >= 0.3 is 0 Å². The third kappa shape index (κ3) is 5.37. The molecule has 30 heavy (non-hydrogen) atoms. The fourth-order valence-corrected chi connectivity index (χ4v) is 3.29. The highest BCUT2D eigenvalue weighted by atomic mass is 15.3. The molecule has 2 aromatic heterocycles. The van der Waals surface area contributed by atoms with E-state index >= 15 is 0 Å². The summed E-state index contributed by atoms with van der Waals surface area (Å²) in [6.45, 7) is 8.37. The van der Waals surface area contributed by atoms with Gasteiger partial charge in [0.2, 0.25) is 0 Å². The summed E-state index contributed by atoms with van der Waals surface area (Å²) >= 11 is 0. The topological polar surface area (TPSA) is 95.3 Å². The van der Waals surface area contributed by atoms with E-state index in [4.69, 9.17) is 0 Å². The molecule has 160 valence electrons. The summed E-state index contributed by atoms with van der Waals surface area (Å²) in [5.74, 6) is 1.57. The van der Waals surface area contributed by atoms with Crippen molar-refractivity contribution in [1.29, 1.82) is 0 Å². The molecule has 2 heterocycles. The summed E-state index contributed by atoms with van der Waals surface area (Å²) < 4.78 is 1.74. The number of aryl methyl sites for hydroxylation is 2. The molecule has 0 spiro atoms. The van der Waals surface area contributed by atoms with Crippen LogP contribution in [0.15, 0.2) is 41.8 Å². The highest BCUT2D eigenvalue weighted by Crippen LogP contribution is 2.17. The van der Waals surface area contributed by atoms with E-state index in [0.29, 0.717) is 13.1 Å². The zero-order valence-electron chi connectivity index (χ0n) is 18.2. The van der Waals surface area contributed by atoms with E-state index in [0.717, 1.165) is 42.4 Å². The number of guanidine groups is 1. The van der Waals surface area contributed by atoms with Crippen molar-refractivity contribution in [3.05, 3.63) is 42.4 Å². The predicted octanol–water partition coefficient (Wildman–Crippen LogP) is 1.78. The van der Waals surface area contributed by atoms with Crippen molar-refractivity contribution < 1.29 is 0 Å². The first-order valence-electron chi connectivity index (χ1n) is 10.2. The van der Waals surface area contributed by atoms with E-state index in [2.05, 4.69) is 79.0 Å². The molecule has 0 atom stereocenters. The molecule has 0 bridgehead atoms. The Morgan fingerprint density at radius 3 is 2.77 bits per heavy atom. The van der Waals surface area contributed by atoms with E-state index in [1.807, 2.05) is 7.05 Å². The van der Waals surface area contributed by atoms with Gasteiger partial charge in [0, 0.05) is 52.5 Å². The SMILES string of the molecule is CCN(CCNC(=NC)NCCNc1ncnc2c1cnn2C)c1cccc(C)c1. The highest BCUT2D eigenvalue weighted by Gasteiger charge is 2.07. The van der Waals surface area contributed by atoms with Gasteiger partial charge in [-0.15, -0.1) is 0 Å². The average molecular weight is 410 g/mol. The zero-order valence-corrected chi connectivity index (χ0v) is 18.2. The second-order valence-corrected chi connectivity index (χ2v) is 7.00. The molecule has 0 aliphatic heterocycles. The maximum Gasteiger partial charge on any atom is 0.191 e. The Morgan fingerprint density at radius 1 is 1.17 bits per heavy atom. The second kappa shape index (κ2) is 10.4. The Labute approximate surface area is 177 Å². The third-order valence-electron chi connectivity index (χ3n) is 4.89. The molecule has 0 amide bonds. The molecule has 0 aliphatic rings. The minimum Gasteiger partial charge on any atom is -0.370 e. The van der Waals surface area contributed by atoms with Crippen molar-refractivity contribution in [2.45, 2.75) is 13.8 Å². The Balaban J connectivity index is 1.42. The average Bonchev–Trinajstić information content (AvgIpc) is 3.14. The van der Waals surface area contributed by atoms with Crippen LogP contribution in [0.5, 0.6) is 0 Å². The molecule has 0 unspecified atom stereocenters. The van der Waals surface area contributed by atoms with Gasteiger partial charge in [-0.25, -0.2) is 9.97 Å². The smallest absolute Gasteiger partial charge is 0.191 e. The number of aliphatic imine (C=N–C) groups is 1. The molecule has 3 rings (SSSR count). The van der Waals surface area contributed by atoms with Gasteiger partial charge in [0.05, 0.1) is 11.6 Å². The van der Waals surface area contributed by atoms with Crippen LogP contribution in [0.1, 0.15) is 12.5 Å². The lowest BCUT2D eigenvalue weighted by Crippen LogP contribution is -2.43. The minimum absolute atomic E-state index is 0.700. The first-order valence-corrected chi connectivity index (χ1v) is 10.2. The normalized spacial score (nSPS) is 11.5. The van der Waals surface area contributed by atoms with E-state index < -0.39 is 0 Å². The number of fused-ring (bicyclic) bond motifs is 1. The third-order valence-corrected chi connectivity index (χ3v) is 4.89. The molecule has 1 aromatic carbocycles. The largest absolute Gasteiger partial charge is 0.370 e. The van der Waals surface area contributed by atoms with Gasteiger partial charge in [0.15, 0.2) is 11.6 Å². The number of hydrogen-bond donors (Lipinski definition) is 3. The number of nitrogens with one attached hydrogen (secondary N) is 3. The van der Waals surface area contributed by atoms with E-state index in [9.17, 15) is 0 Å². The molecular formula is C21H31N9. The first-order chi connectivity index (χ1) is 14.6. The van der Waals surface area contributed by atoms with E-state index in [1.165, 1.54) is 11.3 Å². The summed E-state index contributed by atoms with van der Waals surface area (Å²) in [6.07, 6.45) is 3.33. The van der Waals surface area contributed by atoms with E-state index in [1.54, 1.807) is 24.3 Å². The maximum atomic E-state index is 4.32. The fourth-order valence-electron chi connectivity index (χ4n) is 3.29. The van der Waals surface area contributed by atoms with Crippen LogP contribution in [0, 0.1) is 6.92 Å². The first kappa shape index (κ1) is 21.4. The van der Waals surface area contributed by atoms with E-state index in [-0.39, 0.29) is 0 Å². The number of benzene rings is 1. The monoisotopic (exact) mass is 409 g/mol. The van der Waals surface area contributed by atoms with Gasteiger partial charge in [0.1, 0.15) is 12.1 Å². The van der Waals surface area contributed by atoms with Gasteiger partial charge in [0.25, 0.3) is 0 Å². The van der Waals surface area contributed by atoms with Crippen molar-refractivity contribution in [3.63, 3.8) is 0 Å². The summed E-state index contributed by atoms with van der Waals surface area (Å²) in [7, 11) is 3.65. The van der Waals surface area contributed by atoms with Crippen LogP contribution in [0.2, 0.25) is 0 Å². The lowest BCUT2D eigenvalue weighted by atomic mass is 10.2. The number of nitrogens with zero attached hydrogens (tertiary/aromatic N) is 6. The lowest BCUT2D eigenvalue weighted by Gasteiger charge is -2.24. The van der Waals surface area contributed by atoms with Crippen LogP contribution in [0.3, 0.4) is 0 Å². The highest BCUT2D eigenvalue weighted by molar-refractivity contribution is 5.86. The maximum absolute atomic E-state index is 4.32. The fraction of sp³-hybridized carbons (Fsp3) is 0.429.